The van der Waals surface area contributed by atoms with Gasteiger partial charge in [-0.1, -0.05) is 37.1 Å². The molecule has 130 valence electrons. The van der Waals surface area contributed by atoms with E-state index < -0.39 is 38.4 Å². The highest BCUT2D eigenvalue weighted by molar-refractivity contribution is 6.57. The van der Waals surface area contributed by atoms with Gasteiger partial charge in [0.1, 0.15) is 11.7 Å². The van der Waals surface area contributed by atoms with Crippen molar-refractivity contribution in [3.05, 3.63) is 35.4 Å². The van der Waals surface area contributed by atoms with Gasteiger partial charge >= 0.3 is 0 Å². The van der Waals surface area contributed by atoms with Gasteiger partial charge in [0.05, 0.1) is 5.41 Å². The van der Waals surface area contributed by atoms with Crippen LogP contribution in [0.3, 0.4) is 0 Å². The smallest absolute Gasteiger partial charge is 0.190 e. The molecule has 1 spiro atoms. The molecule has 2 saturated heterocycles. The molecule has 2 aliphatic heterocycles. The first-order valence-corrected chi connectivity index (χ1v) is 9.30. The van der Waals surface area contributed by atoms with Crippen molar-refractivity contribution >= 4 is 40.6 Å². The third-order valence-electron chi connectivity index (χ3n) is 6.93. The zero-order valence-electron chi connectivity index (χ0n) is 13.6. The Bertz CT molecular complexity index is 882. The molecule has 0 N–H and O–H groups in total. The fraction of sp³-hybridized carbons (Fsp3) is 0.526. The van der Waals surface area contributed by atoms with E-state index in [9.17, 15) is 14.4 Å². The summed E-state index contributed by atoms with van der Waals surface area (Å²) in [5.74, 6) is -1.08. The predicted octanol–water partition coefficient (Wildman–Crippen LogP) is 3.32. The standard InChI is InChI=1S/C19H16Cl2O4/c1-16-8-4-5-9-17(16)19(21)13(23)11-7-3-2-6-10(11)12(22)18(19,20)15(25-17)14(16)24/h2-3,6-7,15H,4-5,8-9H2,1H3/t15-,16+,17+,18+,19-/m0/s1. The Hall–Kier alpha value is -1.23. The second-order valence-corrected chi connectivity index (χ2v) is 8.97. The van der Waals surface area contributed by atoms with E-state index in [0.29, 0.717) is 12.8 Å². The topological polar surface area (TPSA) is 60.4 Å². The average molecular weight is 379 g/mol. The van der Waals surface area contributed by atoms with Crippen LogP contribution >= 0.6 is 23.2 Å². The van der Waals surface area contributed by atoms with Crippen LogP contribution in [0.25, 0.3) is 0 Å². The highest BCUT2D eigenvalue weighted by Crippen LogP contribution is 2.73. The highest BCUT2D eigenvalue weighted by atomic mass is 35.5. The summed E-state index contributed by atoms with van der Waals surface area (Å²) < 4.78 is 6.15. The summed E-state index contributed by atoms with van der Waals surface area (Å²) in [7, 11) is 0. The molecule has 1 aromatic carbocycles. The maximum atomic E-state index is 13.5. The monoisotopic (exact) mass is 378 g/mol. The van der Waals surface area contributed by atoms with Crippen molar-refractivity contribution in [2.45, 2.75) is 54.1 Å². The number of ether oxygens (including phenoxy) is 1. The Balaban J connectivity index is 1.87. The minimum atomic E-state index is -1.88. The number of hydrogen-bond donors (Lipinski definition) is 0. The molecular formula is C19H16Cl2O4. The summed E-state index contributed by atoms with van der Waals surface area (Å²) in [5, 5.41) is 0. The first-order chi connectivity index (χ1) is 11.8. The van der Waals surface area contributed by atoms with Crippen molar-refractivity contribution in [2.75, 3.05) is 0 Å². The predicted molar refractivity (Wildman–Crippen MR) is 91.5 cm³/mol. The molecule has 0 amide bonds. The molecule has 4 aliphatic rings. The molecule has 2 bridgehead atoms. The van der Waals surface area contributed by atoms with E-state index in [0.717, 1.165) is 12.8 Å². The van der Waals surface area contributed by atoms with Crippen molar-refractivity contribution in [3.8, 4) is 0 Å². The Morgan fingerprint density at radius 3 is 2.28 bits per heavy atom. The lowest BCUT2D eigenvalue weighted by atomic mass is 9.48. The van der Waals surface area contributed by atoms with Gasteiger partial charge < -0.3 is 4.74 Å². The van der Waals surface area contributed by atoms with Crippen molar-refractivity contribution in [3.63, 3.8) is 0 Å². The number of halogens is 2. The number of hydrogen-bond acceptors (Lipinski definition) is 4. The Kier molecular flexibility index (Phi) is 2.78. The largest absolute Gasteiger partial charge is 0.358 e. The lowest BCUT2D eigenvalue weighted by molar-refractivity contribution is -0.134. The minimum absolute atomic E-state index is 0.195. The van der Waals surface area contributed by atoms with Gasteiger partial charge in [-0.15, -0.1) is 23.2 Å². The van der Waals surface area contributed by atoms with E-state index in [1.165, 1.54) is 0 Å². The van der Waals surface area contributed by atoms with Gasteiger partial charge in [-0.3, -0.25) is 14.4 Å². The van der Waals surface area contributed by atoms with Crippen LogP contribution in [0.5, 0.6) is 0 Å². The Morgan fingerprint density at radius 2 is 1.60 bits per heavy atom. The number of benzene rings is 1. The van der Waals surface area contributed by atoms with Crippen LogP contribution < -0.4 is 0 Å². The number of rotatable bonds is 0. The summed E-state index contributed by atoms with van der Waals surface area (Å²) in [5.41, 5.74) is -1.64. The SMILES string of the molecule is C[C@]12CCCC[C@@]13O[C@@H](C2=O)[C@]1(Cl)C(=O)c2ccccc2C(=O)[C@]31Cl. The molecule has 4 nitrogen and oxygen atoms in total. The van der Waals surface area contributed by atoms with Crippen molar-refractivity contribution in [2.24, 2.45) is 5.41 Å². The minimum Gasteiger partial charge on any atom is -0.358 e. The van der Waals surface area contributed by atoms with Crippen LogP contribution in [-0.4, -0.2) is 38.8 Å². The van der Waals surface area contributed by atoms with Crippen LogP contribution in [0, 0.1) is 5.41 Å². The van der Waals surface area contributed by atoms with Gasteiger partial charge in [-0.25, -0.2) is 0 Å². The second-order valence-electron chi connectivity index (χ2n) is 7.80. The highest BCUT2D eigenvalue weighted by Gasteiger charge is 2.90. The van der Waals surface area contributed by atoms with Crippen LogP contribution in [0.2, 0.25) is 0 Å². The normalized spacial score (nSPS) is 47.5. The fourth-order valence-electron chi connectivity index (χ4n) is 5.64. The molecule has 1 saturated carbocycles. The van der Waals surface area contributed by atoms with Gasteiger partial charge in [0.15, 0.2) is 27.1 Å². The second kappa shape index (κ2) is 4.36. The lowest BCUT2D eigenvalue weighted by Gasteiger charge is -2.56. The maximum Gasteiger partial charge on any atom is 0.190 e. The number of carbonyl (C=O) groups is 3. The van der Waals surface area contributed by atoms with Crippen LogP contribution in [0.15, 0.2) is 24.3 Å². The lowest BCUT2D eigenvalue weighted by Crippen LogP contribution is -2.77. The van der Waals surface area contributed by atoms with E-state index >= 15 is 0 Å². The summed E-state index contributed by atoms with van der Waals surface area (Å²) in [4.78, 5) is 36.3. The number of alkyl halides is 2. The van der Waals surface area contributed by atoms with Gasteiger partial charge in [0, 0.05) is 11.1 Å². The molecule has 2 aliphatic carbocycles. The van der Waals surface area contributed by atoms with Gasteiger partial charge in [0.2, 0.25) is 0 Å². The summed E-state index contributed by atoms with van der Waals surface area (Å²) in [6, 6.07) is 6.53. The molecule has 0 unspecified atom stereocenters. The molecule has 0 aromatic heterocycles. The van der Waals surface area contributed by atoms with E-state index in [-0.39, 0.29) is 16.9 Å². The van der Waals surface area contributed by atoms with E-state index in [4.69, 9.17) is 27.9 Å². The molecule has 5 atom stereocenters. The molecule has 5 rings (SSSR count). The van der Waals surface area contributed by atoms with Crippen LogP contribution in [-0.2, 0) is 9.53 Å². The summed E-state index contributed by atoms with van der Waals surface area (Å²) >= 11 is 13.8. The van der Waals surface area contributed by atoms with Crippen LogP contribution in [0.4, 0.5) is 0 Å². The maximum absolute atomic E-state index is 13.5. The third-order valence-corrected chi connectivity index (χ3v) is 8.45. The molecule has 25 heavy (non-hydrogen) atoms. The van der Waals surface area contributed by atoms with E-state index in [1.54, 1.807) is 24.3 Å². The fourth-order valence-corrected chi connectivity index (χ4v) is 6.76. The van der Waals surface area contributed by atoms with Gasteiger partial charge in [-0.2, -0.15) is 0 Å². The third kappa shape index (κ3) is 1.30. The molecule has 3 fully saturated rings. The van der Waals surface area contributed by atoms with E-state index in [2.05, 4.69) is 0 Å². The van der Waals surface area contributed by atoms with Crippen molar-refractivity contribution < 1.29 is 19.1 Å². The van der Waals surface area contributed by atoms with Crippen molar-refractivity contribution in [1.29, 1.82) is 0 Å². The number of carbonyl (C=O) groups excluding carboxylic acids is 3. The quantitative estimate of drug-likeness (QED) is 0.649. The first kappa shape index (κ1) is 16.0. The zero-order valence-corrected chi connectivity index (χ0v) is 15.1. The first-order valence-electron chi connectivity index (χ1n) is 8.54. The Morgan fingerprint density at radius 1 is 1.00 bits per heavy atom. The van der Waals surface area contributed by atoms with Gasteiger partial charge in [0.25, 0.3) is 0 Å². The molecule has 2 heterocycles. The average Bonchev–Trinajstić information content (AvgIpc) is 2.99. The zero-order chi connectivity index (χ0) is 17.8. The molecular weight excluding hydrogens is 363 g/mol. The van der Waals surface area contributed by atoms with Crippen molar-refractivity contribution in [1.82, 2.24) is 0 Å². The van der Waals surface area contributed by atoms with Crippen LogP contribution in [0.1, 0.15) is 53.3 Å². The Labute approximate surface area is 154 Å². The number of ketones is 3. The molecule has 1 aromatic rings. The number of fused-ring (bicyclic) bond motifs is 4. The summed E-state index contributed by atoms with van der Waals surface area (Å²) in [6.07, 6.45) is 1.50. The molecule has 6 heteroatoms. The van der Waals surface area contributed by atoms with Gasteiger partial charge in [-0.05, 0) is 19.8 Å². The summed E-state index contributed by atoms with van der Waals surface area (Å²) in [6.45, 7) is 1.81. The van der Waals surface area contributed by atoms with E-state index in [1.807, 2.05) is 6.92 Å². The molecule has 0 radical (unpaired) electrons. The number of Topliss-reactive ketones (excluding diaryl/α,β-unsaturated/α-hetero) is 3.